The van der Waals surface area contributed by atoms with Crippen LogP contribution in [0.5, 0.6) is 0 Å². The van der Waals surface area contributed by atoms with Gasteiger partial charge in [-0.2, -0.15) is 0 Å². The Bertz CT molecular complexity index is 512. The van der Waals surface area contributed by atoms with Gasteiger partial charge < -0.3 is 0 Å². The molecule has 0 aliphatic heterocycles. The third-order valence-electron chi connectivity index (χ3n) is 3.45. The molecule has 0 aliphatic carbocycles. The molecule has 1 aromatic rings. The molecule has 0 bridgehead atoms. The van der Waals surface area contributed by atoms with Crippen LogP contribution >= 0.6 is 27.3 Å². The monoisotopic (exact) mass is 395 g/mol. The van der Waals surface area contributed by atoms with Gasteiger partial charge in [0, 0.05) is 11.4 Å². The molecule has 0 radical (unpaired) electrons. The van der Waals surface area contributed by atoms with Crippen LogP contribution in [0.1, 0.15) is 63.2 Å². The first kappa shape index (κ1) is 19.1. The predicted molar refractivity (Wildman–Crippen MR) is 94.6 cm³/mol. The van der Waals surface area contributed by atoms with Crippen LogP contribution in [0.3, 0.4) is 0 Å². The Labute approximate surface area is 141 Å². The molecular formula is C15H26BrNO2S2. The summed E-state index contributed by atoms with van der Waals surface area (Å²) < 4.78 is 27.8. The molecule has 1 heterocycles. The van der Waals surface area contributed by atoms with Gasteiger partial charge in [0.2, 0.25) is 10.0 Å². The first-order valence-electron chi connectivity index (χ1n) is 7.73. The van der Waals surface area contributed by atoms with Crippen molar-refractivity contribution in [2.75, 3.05) is 6.54 Å². The minimum atomic E-state index is -3.34. The molecule has 122 valence electrons. The van der Waals surface area contributed by atoms with Gasteiger partial charge in [0.25, 0.3) is 0 Å². The average Bonchev–Trinajstić information content (AvgIpc) is 2.77. The molecule has 0 fully saturated rings. The molecular weight excluding hydrogens is 370 g/mol. The third-order valence-corrected chi connectivity index (χ3v) is 6.72. The number of nitrogens with one attached hydrogen (secondary N) is 1. The van der Waals surface area contributed by atoms with Gasteiger partial charge >= 0.3 is 0 Å². The Morgan fingerprint density at radius 3 is 2.19 bits per heavy atom. The maximum absolute atomic E-state index is 12.1. The lowest BCUT2D eigenvalue weighted by Gasteiger charge is -2.06. The first-order chi connectivity index (χ1) is 9.97. The molecule has 0 saturated carbocycles. The van der Waals surface area contributed by atoms with Crippen molar-refractivity contribution in [1.82, 2.24) is 4.72 Å². The number of unbranched alkanes of at least 4 members (excludes halogenated alkanes) is 7. The van der Waals surface area contributed by atoms with Gasteiger partial charge in [-0.1, -0.05) is 51.9 Å². The number of aryl methyl sites for hydroxylation is 1. The number of sulfonamides is 1. The van der Waals surface area contributed by atoms with E-state index in [0.29, 0.717) is 11.4 Å². The summed E-state index contributed by atoms with van der Waals surface area (Å²) in [6.07, 6.45) is 9.72. The lowest BCUT2D eigenvalue weighted by molar-refractivity contribution is 0.559. The summed E-state index contributed by atoms with van der Waals surface area (Å²) in [4.78, 5) is 1.23. The zero-order valence-corrected chi connectivity index (χ0v) is 16.2. The highest BCUT2D eigenvalue weighted by molar-refractivity contribution is 9.11. The molecule has 0 amide bonds. The fourth-order valence-electron chi connectivity index (χ4n) is 2.24. The topological polar surface area (TPSA) is 46.2 Å². The van der Waals surface area contributed by atoms with Gasteiger partial charge in [-0.25, -0.2) is 13.1 Å². The molecule has 1 N–H and O–H groups in total. The minimum Gasteiger partial charge on any atom is -0.211 e. The van der Waals surface area contributed by atoms with Crippen molar-refractivity contribution in [3.05, 3.63) is 14.7 Å². The molecule has 0 unspecified atom stereocenters. The lowest BCUT2D eigenvalue weighted by Crippen LogP contribution is -2.24. The van der Waals surface area contributed by atoms with Crippen LogP contribution in [0.25, 0.3) is 0 Å². The summed E-state index contributed by atoms with van der Waals surface area (Å²) >= 11 is 4.78. The van der Waals surface area contributed by atoms with E-state index in [-0.39, 0.29) is 0 Å². The summed E-state index contributed by atoms with van der Waals surface area (Å²) in [7, 11) is -3.34. The van der Waals surface area contributed by atoms with E-state index >= 15 is 0 Å². The fourth-order valence-corrected chi connectivity index (χ4v) is 5.73. The summed E-state index contributed by atoms with van der Waals surface area (Å²) in [6.45, 7) is 4.59. The summed E-state index contributed by atoms with van der Waals surface area (Å²) in [5, 5.41) is 0. The highest BCUT2D eigenvalue weighted by Crippen LogP contribution is 2.29. The molecule has 21 heavy (non-hydrogen) atoms. The van der Waals surface area contributed by atoms with E-state index in [4.69, 9.17) is 0 Å². The van der Waals surface area contributed by atoms with Crippen LogP contribution in [0, 0.1) is 6.92 Å². The first-order valence-corrected chi connectivity index (χ1v) is 10.8. The van der Waals surface area contributed by atoms with E-state index in [1.165, 1.54) is 49.9 Å². The number of hydrogen-bond donors (Lipinski definition) is 1. The second-order valence-corrected chi connectivity index (χ2v) is 9.71. The van der Waals surface area contributed by atoms with Crippen molar-refractivity contribution in [3.8, 4) is 0 Å². The molecule has 0 aromatic carbocycles. The summed E-state index contributed by atoms with van der Waals surface area (Å²) in [5.41, 5.74) is 0. The normalized spacial score (nSPS) is 12.0. The zero-order chi connectivity index (χ0) is 15.7. The number of halogens is 1. The van der Waals surface area contributed by atoms with Crippen LogP contribution in [-0.2, 0) is 10.0 Å². The van der Waals surface area contributed by atoms with Crippen LogP contribution in [0.2, 0.25) is 0 Å². The number of hydrogen-bond acceptors (Lipinski definition) is 3. The Morgan fingerprint density at radius 2 is 1.67 bits per heavy atom. The van der Waals surface area contributed by atoms with Gasteiger partial charge in [-0.3, -0.25) is 0 Å². The van der Waals surface area contributed by atoms with Gasteiger partial charge in [0.15, 0.2) is 0 Å². The second kappa shape index (κ2) is 9.98. The average molecular weight is 396 g/mol. The number of rotatable bonds is 11. The van der Waals surface area contributed by atoms with Crippen LogP contribution in [0.15, 0.2) is 14.7 Å². The second-order valence-electron chi connectivity index (χ2n) is 5.34. The largest absolute Gasteiger partial charge is 0.241 e. The SMILES string of the molecule is CCCCCCCCCCNS(=O)(=O)c1cc(Br)sc1C. The molecule has 1 rings (SSSR count). The van der Waals surface area contributed by atoms with Crippen molar-refractivity contribution >= 4 is 37.3 Å². The highest BCUT2D eigenvalue weighted by Gasteiger charge is 2.18. The molecule has 3 nitrogen and oxygen atoms in total. The van der Waals surface area contributed by atoms with Crippen molar-refractivity contribution in [2.24, 2.45) is 0 Å². The van der Waals surface area contributed by atoms with Gasteiger partial charge in [0.05, 0.1) is 8.68 Å². The molecule has 1 aromatic heterocycles. The van der Waals surface area contributed by atoms with E-state index in [0.717, 1.165) is 21.5 Å². The van der Waals surface area contributed by atoms with Crippen LogP contribution < -0.4 is 4.72 Å². The van der Waals surface area contributed by atoms with Gasteiger partial charge in [-0.05, 0) is 35.3 Å². The number of thiophene rings is 1. The maximum atomic E-state index is 12.1. The molecule has 0 saturated heterocycles. The Balaban J connectivity index is 2.19. The van der Waals surface area contributed by atoms with E-state index in [9.17, 15) is 8.42 Å². The van der Waals surface area contributed by atoms with E-state index in [2.05, 4.69) is 27.6 Å². The Hall–Kier alpha value is 0.0900. The molecule has 6 heteroatoms. The van der Waals surface area contributed by atoms with E-state index < -0.39 is 10.0 Å². The van der Waals surface area contributed by atoms with E-state index in [1.54, 1.807) is 6.07 Å². The molecule has 0 aliphatic rings. The lowest BCUT2D eigenvalue weighted by atomic mass is 10.1. The minimum absolute atomic E-state index is 0.402. The quantitative estimate of drug-likeness (QED) is 0.520. The highest BCUT2D eigenvalue weighted by atomic mass is 79.9. The fraction of sp³-hybridized carbons (Fsp3) is 0.733. The van der Waals surface area contributed by atoms with Crippen LogP contribution in [-0.4, -0.2) is 15.0 Å². The Morgan fingerprint density at radius 1 is 1.10 bits per heavy atom. The van der Waals surface area contributed by atoms with Crippen molar-refractivity contribution < 1.29 is 8.42 Å². The maximum Gasteiger partial charge on any atom is 0.241 e. The van der Waals surface area contributed by atoms with Crippen molar-refractivity contribution in [2.45, 2.75) is 70.1 Å². The van der Waals surface area contributed by atoms with Crippen molar-refractivity contribution in [1.29, 1.82) is 0 Å². The van der Waals surface area contributed by atoms with Crippen molar-refractivity contribution in [3.63, 3.8) is 0 Å². The van der Waals surface area contributed by atoms with Gasteiger partial charge in [-0.15, -0.1) is 11.3 Å². The predicted octanol–water partition coefficient (Wildman–Crippen LogP) is 5.24. The van der Waals surface area contributed by atoms with Gasteiger partial charge in [0.1, 0.15) is 0 Å². The Kier molecular flexibility index (Phi) is 9.09. The van der Waals surface area contributed by atoms with Crippen LogP contribution in [0.4, 0.5) is 0 Å². The smallest absolute Gasteiger partial charge is 0.211 e. The standard InChI is InChI=1S/C15H26BrNO2S2/c1-3-4-5-6-7-8-9-10-11-17-21(18,19)14-12-15(16)20-13(14)2/h12,17H,3-11H2,1-2H3. The van der Waals surface area contributed by atoms with E-state index in [1.807, 2.05) is 6.92 Å². The zero-order valence-electron chi connectivity index (χ0n) is 13.0. The molecule has 0 spiro atoms. The third kappa shape index (κ3) is 7.26. The summed E-state index contributed by atoms with van der Waals surface area (Å²) in [6, 6.07) is 1.68. The molecule has 0 atom stereocenters. The summed E-state index contributed by atoms with van der Waals surface area (Å²) in [5.74, 6) is 0.